The SMILES string of the molecule is O=C(OCc1ccccc1)N1CC(Nc2ccc3c(c2)Sc2cccc(Br)c2S3)[C@H](O)C1. The number of benzene rings is 3. The van der Waals surface area contributed by atoms with Crippen LogP contribution < -0.4 is 5.32 Å². The van der Waals surface area contributed by atoms with E-state index in [1.54, 1.807) is 28.4 Å². The Morgan fingerprint density at radius 3 is 2.72 bits per heavy atom. The fourth-order valence-electron chi connectivity index (χ4n) is 3.76. The van der Waals surface area contributed by atoms with Crippen molar-refractivity contribution in [2.75, 3.05) is 18.4 Å². The number of amides is 1. The molecule has 0 aromatic heterocycles. The molecule has 1 fully saturated rings. The summed E-state index contributed by atoms with van der Waals surface area (Å²) < 4.78 is 6.52. The third-order valence-corrected chi connectivity index (χ3v) is 8.93. The van der Waals surface area contributed by atoms with Gasteiger partial charge in [-0.15, -0.1) is 0 Å². The molecule has 0 radical (unpaired) electrons. The Bertz CT molecular complexity index is 1150. The minimum Gasteiger partial charge on any atom is -0.445 e. The van der Waals surface area contributed by atoms with E-state index in [1.165, 1.54) is 19.6 Å². The lowest BCUT2D eigenvalue weighted by Gasteiger charge is -2.22. The van der Waals surface area contributed by atoms with Crippen molar-refractivity contribution in [1.29, 1.82) is 0 Å². The molecule has 32 heavy (non-hydrogen) atoms. The molecule has 2 aliphatic heterocycles. The molecule has 8 heteroatoms. The van der Waals surface area contributed by atoms with Gasteiger partial charge in [0, 0.05) is 36.3 Å². The number of halogens is 1. The number of nitrogens with one attached hydrogen (secondary N) is 1. The van der Waals surface area contributed by atoms with Gasteiger partial charge >= 0.3 is 6.09 Å². The van der Waals surface area contributed by atoms with Crippen LogP contribution >= 0.6 is 39.5 Å². The zero-order chi connectivity index (χ0) is 22.1. The van der Waals surface area contributed by atoms with E-state index < -0.39 is 12.2 Å². The number of carbonyl (C=O) groups is 1. The summed E-state index contributed by atoms with van der Waals surface area (Å²) in [6.45, 7) is 0.868. The molecular formula is C24H21BrN2O3S2. The van der Waals surface area contributed by atoms with Crippen LogP contribution in [-0.2, 0) is 11.3 Å². The Kier molecular flexibility index (Phi) is 6.37. The van der Waals surface area contributed by atoms with Crippen LogP contribution in [0.1, 0.15) is 5.56 Å². The van der Waals surface area contributed by atoms with Crippen LogP contribution in [0.15, 0.2) is 90.8 Å². The lowest BCUT2D eigenvalue weighted by atomic mass is 10.2. The van der Waals surface area contributed by atoms with E-state index in [1.807, 2.05) is 42.5 Å². The smallest absolute Gasteiger partial charge is 0.410 e. The highest BCUT2D eigenvalue weighted by Gasteiger charge is 2.35. The van der Waals surface area contributed by atoms with E-state index in [0.717, 1.165) is 15.7 Å². The molecule has 0 spiro atoms. The van der Waals surface area contributed by atoms with Crippen molar-refractivity contribution in [3.63, 3.8) is 0 Å². The molecule has 3 aromatic carbocycles. The zero-order valence-corrected chi connectivity index (χ0v) is 20.3. The van der Waals surface area contributed by atoms with Crippen molar-refractivity contribution in [2.24, 2.45) is 0 Å². The molecular weight excluding hydrogens is 508 g/mol. The maximum absolute atomic E-state index is 12.5. The maximum atomic E-state index is 12.5. The summed E-state index contributed by atoms with van der Waals surface area (Å²) in [4.78, 5) is 18.9. The number of anilines is 1. The Hall–Kier alpha value is -2.13. The van der Waals surface area contributed by atoms with E-state index >= 15 is 0 Å². The Labute approximate surface area is 203 Å². The third-order valence-electron chi connectivity index (χ3n) is 5.41. The molecule has 0 bridgehead atoms. The molecule has 2 N–H and O–H groups in total. The first-order valence-corrected chi connectivity index (χ1v) is 12.7. The van der Waals surface area contributed by atoms with Crippen LogP contribution in [0.4, 0.5) is 10.5 Å². The number of hydrogen-bond donors (Lipinski definition) is 2. The van der Waals surface area contributed by atoms with E-state index in [2.05, 4.69) is 45.5 Å². The van der Waals surface area contributed by atoms with Crippen molar-refractivity contribution in [3.05, 3.63) is 76.8 Å². The molecule has 0 saturated carbocycles. The monoisotopic (exact) mass is 528 g/mol. The highest BCUT2D eigenvalue weighted by Crippen LogP contribution is 2.51. The molecule has 1 amide bonds. The van der Waals surface area contributed by atoms with Gasteiger partial charge in [-0.2, -0.15) is 0 Å². The molecule has 5 nitrogen and oxygen atoms in total. The van der Waals surface area contributed by atoms with Crippen molar-refractivity contribution >= 4 is 51.2 Å². The summed E-state index contributed by atoms with van der Waals surface area (Å²) in [5.74, 6) is 0. The molecule has 2 heterocycles. The lowest BCUT2D eigenvalue weighted by Crippen LogP contribution is -2.33. The summed E-state index contributed by atoms with van der Waals surface area (Å²) in [5, 5.41) is 13.9. The average Bonchev–Trinajstić information content (AvgIpc) is 3.17. The standard InChI is InChI=1S/C24H21BrN2O3S2/c25-17-7-4-8-21-23(17)32-20-10-9-16(11-22(20)31-21)26-18-12-27(13-19(18)28)24(29)30-14-15-5-2-1-3-6-15/h1-11,18-19,26,28H,12-14H2/t18?,19-/m1/s1. The average molecular weight is 529 g/mol. The van der Waals surface area contributed by atoms with Gasteiger partial charge in [0.15, 0.2) is 0 Å². The van der Waals surface area contributed by atoms with E-state index in [4.69, 9.17) is 4.74 Å². The van der Waals surface area contributed by atoms with Gasteiger partial charge < -0.3 is 20.1 Å². The van der Waals surface area contributed by atoms with Gasteiger partial charge in [-0.3, -0.25) is 0 Å². The first-order chi connectivity index (χ1) is 15.6. The Morgan fingerprint density at radius 2 is 1.88 bits per heavy atom. The second-order valence-electron chi connectivity index (χ2n) is 7.70. The number of likely N-dealkylation sites (tertiary alicyclic amines) is 1. The Morgan fingerprint density at radius 1 is 1.03 bits per heavy atom. The summed E-state index contributed by atoms with van der Waals surface area (Å²) >= 11 is 7.13. The van der Waals surface area contributed by atoms with Gasteiger partial charge in [-0.1, -0.05) is 59.9 Å². The second-order valence-corrected chi connectivity index (χ2v) is 10.7. The number of nitrogens with zero attached hydrogens (tertiary/aromatic N) is 1. The molecule has 3 aromatic rings. The van der Waals surface area contributed by atoms with Crippen LogP contribution in [0.2, 0.25) is 0 Å². The van der Waals surface area contributed by atoms with Crippen molar-refractivity contribution in [1.82, 2.24) is 4.90 Å². The van der Waals surface area contributed by atoms with Crippen LogP contribution in [0, 0.1) is 0 Å². The highest BCUT2D eigenvalue weighted by atomic mass is 79.9. The van der Waals surface area contributed by atoms with Gasteiger partial charge in [0.05, 0.1) is 18.7 Å². The van der Waals surface area contributed by atoms with E-state index in [9.17, 15) is 9.90 Å². The molecule has 5 rings (SSSR count). The number of β-amino-alcohol motifs (C(OH)–C–C–N with tert-alkyl or cyclic N) is 1. The van der Waals surface area contributed by atoms with Crippen LogP contribution in [0.5, 0.6) is 0 Å². The van der Waals surface area contributed by atoms with Crippen LogP contribution in [0.25, 0.3) is 0 Å². The summed E-state index contributed by atoms with van der Waals surface area (Å²) in [6.07, 6.45) is -1.06. The first kappa shape index (κ1) is 21.7. The number of carbonyl (C=O) groups excluding carboxylic acids is 1. The molecule has 2 atom stereocenters. The van der Waals surface area contributed by atoms with Crippen molar-refractivity contribution in [3.8, 4) is 0 Å². The summed E-state index contributed by atoms with van der Waals surface area (Å²) in [7, 11) is 0. The molecule has 1 saturated heterocycles. The highest BCUT2D eigenvalue weighted by molar-refractivity contribution is 9.10. The minimum absolute atomic E-state index is 0.224. The quantitative estimate of drug-likeness (QED) is 0.346. The van der Waals surface area contributed by atoms with Gasteiger partial charge in [0.1, 0.15) is 6.61 Å². The van der Waals surface area contributed by atoms with Gasteiger partial charge in [-0.05, 0) is 51.8 Å². The number of rotatable bonds is 4. The predicted octanol–water partition coefficient (Wildman–Crippen LogP) is 5.86. The van der Waals surface area contributed by atoms with Gasteiger partial charge in [-0.25, -0.2) is 4.79 Å². The first-order valence-electron chi connectivity index (χ1n) is 10.3. The second kappa shape index (κ2) is 9.39. The normalized spacial score (nSPS) is 19.2. The largest absolute Gasteiger partial charge is 0.445 e. The summed E-state index contributed by atoms with van der Waals surface area (Å²) in [6, 6.07) is 21.8. The number of fused-ring (bicyclic) bond motifs is 2. The van der Waals surface area contributed by atoms with Crippen molar-refractivity contribution in [2.45, 2.75) is 38.3 Å². The van der Waals surface area contributed by atoms with Gasteiger partial charge in [0.25, 0.3) is 0 Å². The fourth-order valence-corrected chi connectivity index (χ4v) is 6.79. The number of ether oxygens (including phenoxy) is 1. The van der Waals surface area contributed by atoms with Gasteiger partial charge in [0.2, 0.25) is 0 Å². The van der Waals surface area contributed by atoms with E-state index in [0.29, 0.717) is 6.54 Å². The summed E-state index contributed by atoms with van der Waals surface area (Å²) in [5.41, 5.74) is 1.87. The molecule has 0 aliphatic carbocycles. The predicted molar refractivity (Wildman–Crippen MR) is 130 cm³/mol. The number of aliphatic hydroxyl groups excluding tert-OH is 1. The fraction of sp³-hybridized carbons (Fsp3) is 0.208. The minimum atomic E-state index is -0.658. The maximum Gasteiger partial charge on any atom is 0.410 e. The molecule has 1 unspecified atom stereocenters. The lowest BCUT2D eigenvalue weighted by molar-refractivity contribution is 0.0971. The third kappa shape index (κ3) is 4.64. The number of hydrogen-bond acceptors (Lipinski definition) is 6. The van der Waals surface area contributed by atoms with E-state index in [-0.39, 0.29) is 19.2 Å². The molecule has 2 aliphatic rings. The van der Waals surface area contributed by atoms with Crippen LogP contribution in [0.3, 0.4) is 0 Å². The zero-order valence-electron chi connectivity index (χ0n) is 17.0. The number of aliphatic hydroxyl groups is 1. The topological polar surface area (TPSA) is 61.8 Å². The Balaban J connectivity index is 1.21. The molecule has 164 valence electrons. The van der Waals surface area contributed by atoms with Crippen molar-refractivity contribution < 1.29 is 14.6 Å². The van der Waals surface area contributed by atoms with Crippen LogP contribution in [-0.4, -0.2) is 41.3 Å².